The number of carbonyl (C=O) groups excluding carboxylic acids is 3. The zero-order valence-corrected chi connectivity index (χ0v) is 14.5. The normalized spacial score (nSPS) is 10.3. The molecule has 0 spiro atoms. The van der Waals surface area contributed by atoms with Gasteiger partial charge in [0.25, 0.3) is 5.91 Å². The van der Waals surface area contributed by atoms with E-state index in [1.165, 1.54) is 42.5 Å². The standard InChI is InChI=1S/C22H16FNO3/c1-14-13-18(23)11-12-19(14)24-22(27)17-9-7-16(8-10-17)21(26)20(25)15-5-3-2-4-6-15/h2-13H,1H3,(H,24,27). The number of aryl methyl sites for hydroxylation is 1. The SMILES string of the molecule is Cc1cc(F)ccc1NC(=O)c1ccc(C(=O)C(=O)c2ccccc2)cc1. The maximum Gasteiger partial charge on any atom is 0.255 e. The molecule has 1 N–H and O–H groups in total. The van der Waals surface area contributed by atoms with E-state index in [2.05, 4.69) is 5.32 Å². The second-order valence-electron chi connectivity index (χ2n) is 6.01. The van der Waals surface area contributed by atoms with Crippen LogP contribution in [-0.2, 0) is 0 Å². The third-order valence-corrected chi connectivity index (χ3v) is 4.09. The van der Waals surface area contributed by atoms with Crippen LogP contribution in [0.4, 0.5) is 10.1 Å². The molecular weight excluding hydrogens is 345 g/mol. The van der Waals surface area contributed by atoms with Crippen LogP contribution in [0, 0.1) is 12.7 Å². The van der Waals surface area contributed by atoms with Crippen molar-refractivity contribution in [3.8, 4) is 0 Å². The van der Waals surface area contributed by atoms with E-state index in [-0.39, 0.29) is 11.4 Å². The average Bonchev–Trinajstić information content (AvgIpc) is 2.69. The highest BCUT2D eigenvalue weighted by molar-refractivity contribution is 6.49. The summed E-state index contributed by atoms with van der Waals surface area (Å²) < 4.78 is 13.1. The lowest BCUT2D eigenvalue weighted by molar-refractivity contribution is 0.0817. The molecule has 0 saturated carbocycles. The Hall–Kier alpha value is -3.60. The fourth-order valence-corrected chi connectivity index (χ4v) is 2.59. The predicted octanol–water partition coefficient (Wildman–Crippen LogP) is 4.45. The van der Waals surface area contributed by atoms with Crippen molar-refractivity contribution in [3.63, 3.8) is 0 Å². The molecule has 134 valence electrons. The number of carbonyl (C=O) groups is 3. The second kappa shape index (κ2) is 7.74. The first-order valence-corrected chi connectivity index (χ1v) is 8.27. The van der Waals surface area contributed by atoms with Crippen LogP contribution in [0.3, 0.4) is 0 Å². The lowest BCUT2D eigenvalue weighted by Crippen LogP contribution is -2.16. The second-order valence-corrected chi connectivity index (χ2v) is 6.01. The first-order valence-electron chi connectivity index (χ1n) is 8.27. The minimum atomic E-state index is -0.637. The van der Waals surface area contributed by atoms with Gasteiger partial charge in [0.1, 0.15) is 5.82 Å². The van der Waals surface area contributed by atoms with Gasteiger partial charge in [0.15, 0.2) is 0 Å². The number of rotatable bonds is 5. The fourth-order valence-electron chi connectivity index (χ4n) is 2.59. The third kappa shape index (κ3) is 4.15. The van der Waals surface area contributed by atoms with Crippen molar-refractivity contribution in [1.82, 2.24) is 0 Å². The van der Waals surface area contributed by atoms with E-state index in [1.54, 1.807) is 37.3 Å². The predicted molar refractivity (Wildman–Crippen MR) is 101 cm³/mol. The minimum Gasteiger partial charge on any atom is -0.322 e. The van der Waals surface area contributed by atoms with Crippen LogP contribution in [0.5, 0.6) is 0 Å². The van der Waals surface area contributed by atoms with Gasteiger partial charge < -0.3 is 5.32 Å². The Bertz CT molecular complexity index is 1010. The Morgan fingerprint density at radius 1 is 0.741 bits per heavy atom. The highest BCUT2D eigenvalue weighted by Gasteiger charge is 2.18. The summed E-state index contributed by atoms with van der Waals surface area (Å²) in [7, 11) is 0. The summed E-state index contributed by atoms with van der Waals surface area (Å²) in [4.78, 5) is 36.8. The summed E-state index contributed by atoms with van der Waals surface area (Å²) in [6.45, 7) is 1.69. The Morgan fingerprint density at radius 3 is 1.89 bits per heavy atom. The van der Waals surface area contributed by atoms with E-state index >= 15 is 0 Å². The monoisotopic (exact) mass is 361 g/mol. The van der Waals surface area contributed by atoms with E-state index in [0.29, 0.717) is 22.4 Å². The van der Waals surface area contributed by atoms with Gasteiger partial charge in [-0.1, -0.05) is 42.5 Å². The number of hydrogen-bond acceptors (Lipinski definition) is 3. The summed E-state index contributed by atoms with van der Waals surface area (Å²) in [6, 6.07) is 18.2. The maximum atomic E-state index is 13.1. The van der Waals surface area contributed by atoms with Crippen molar-refractivity contribution >= 4 is 23.2 Å². The highest BCUT2D eigenvalue weighted by atomic mass is 19.1. The molecule has 0 aromatic heterocycles. The van der Waals surface area contributed by atoms with Gasteiger partial charge in [0.2, 0.25) is 11.6 Å². The molecule has 0 aliphatic heterocycles. The van der Waals surface area contributed by atoms with Gasteiger partial charge in [-0.15, -0.1) is 0 Å². The molecule has 0 fully saturated rings. The van der Waals surface area contributed by atoms with Gasteiger partial charge in [-0.25, -0.2) is 4.39 Å². The smallest absolute Gasteiger partial charge is 0.255 e. The zero-order valence-electron chi connectivity index (χ0n) is 14.5. The van der Waals surface area contributed by atoms with Gasteiger partial charge in [-0.05, 0) is 42.8 Å². The number of amides is 1. The Labute approximate surface area is 155 Å². The molecule has 0 saturated heterocycles. The van der Waals surface area contributed by atoms with Gasteiger partial charge in [0, 0.05) is 22.4 Å². The summed E-state index contributed by atoms with van der Waals surface area (Å²) in [5, 5.41) is 2.69. The maximum absolute atomic E-state index is 13.1. The van der Waals surface area contributed by atoms with Crippen molar-refractivity contribution in [2.45, 2.75) is 6.92 Å². The molecule has 0 unspecified atom stereocenters. The van der Waals surface area contributed by atoms with E-state index < -0.39 is 17.5 Å². The van der Waals surface area contributed by atoms with Crippen molar-refractivity contribution in [2.24, 2.45) is 0 Å². The van der Waals surface area contributed by atoms with E-state index in [4.69, 9.17) is 0 Å². The van der Waals surface area contributed by atoms with Crippen LogP contribution in [0.15, 0.2) is 72.8 Å². The van der Waals surface area contributed by atoms with Crippen molar-refractivity contribution in [1.29, 1.82) is 0 Å². The molecule has 0 aliphatic carbocycles. The van der Waals surface area contributed by atoms with Gasteiger partial charge in [0.05, 0.1) is 0 Å². The topological polar surface area (TPSA) is 63.2 Å². The number of Topliss-reactive ketones (excluding diaryl/α,β-unsaturated/α-hetero) is 2. The Morgan fingerprint density at radius 2 is 1.30 bits per heavy atom. The number of benzene rings is 3. The summed E-state index contributed by atoms with van der Waals surface area (Å²) in [6.07, 6.45) is 0. The van der Waals surface area contributed by atoms with Crippen LogP contribution in [0.1, 0.15) is 36.6 Å². The van der Waals surface area contributed by atoms with E-state index in [9.17, 15) is 18.8 Å². The van der Waals surface area contributed by atoms with Crippen molar-refractivity contribution < 1.29 is 18.8 Å². The first-order chi connectivity index (χ1) is 13.0. The fraction of sp³-hybridized carbons (Fsp3) is 0.0455. The van der Waals surface area contributed by atoms with Crippen molar-refractivity contribution in [2.75, 3.05) is 5.32 Å². The van der Waals surface area contributed by atoms with Gasteiger partial charge in [-0.3, -0.25) is 14.4 Å². The highest BCUT2D eigenvalue weighted by Crippen LogP contribution is 2.17. The van der Waals surface area contributed by atoms with Crippen LogP contribution in [0.2, 0.25) is 0 Å². The molecule has 0 heterocycles. The molecule has 0 atom stereocenters. The molecule has 3 aromatic carbocycles. The molecule has 3 rings (SSSR count). The Kier molecular flexibility index (Phi) is 5.22. The van der Waals surface area contributed by atoms with Crippen LogP contribution in [0.25, 0.3) is 0 Å². The average molecular weight is 361 g/mol. The summed E-state index contributed by atoms with van der Waals surface area (Å²) in [5.74, 6) is -2.01. The quantitative estimate of drug-likeness (QED) is 0.539. The molecule has 0 bridgehead atoms. The van der Waals surface area contributed by atoms with E-state index in [0.717, 1.165) is 0 Å². The number of ketones is 2. The molecule has 4 nitrogen and oxygen atoms in total. The number of nitrogens with one attached hydrogen (secondary N) is 1. The number of anilines is 1. The molecular formula is C22H16FNO3. The molecule has 5 heteroatoms. The largest absolute Gasteiger partial charge is 0.322 e. The van der Waals surface area contributed by atoms with Crippen LogP contribution in [-0.4, -0.2) is 17.5 Å². The molecule has 0 aliphatic rings. The van der Waals surface area contributed by atoms with Gasteiger partial charge in [-0.2, -0.15) is 0 Å². The van der Waals surface area contributed by atoms with Gasteiger partial charge >= 0.3 is 0 Å². The van der Waals surface area contributed by atoms with Crippen LogP contribution >= 0.6 is 0 Å². The van der Waals surface area contributed by atoms with Crippen molar-refractivity contribution in [3.05, 3.63) is 101 Å². The summed E-state index contributed by atoms with van der Waals surface area (Å²) in [5.41, 5.74) is 1.95. The lowest BCUT2D eigenvalue weighted by atomic mass is 10.0. The Balaban J connectivity index is 1.73. The lowest BCUT2D eigenvalue weighted by Gasteiger charge is -2.09. The third-order valence-electron chi connectivity index (χ3n) is 4.09. The minimum absolute atomic E-state index is 0.207. The van der Waals surface area contributed by atoms with Crippen LogP contribution < -0.4 is 5.32 Å². The molecule has 3 aromatic rings. The van der Waals surface area contributed by atoms with E-state index in [1.807, 2.05) is 0 Å². The molecule has 0 radical (unpaired) electrons. The summed E-state index contributed by atoms with van der Waals surface area (Å²) >= 11 is 0. The number of hydrogen-bond donors (Lipinski definition) is 1. The zero-order chi connectivity index (χ0) is 19.4. The molecule has 1 amide bonds. The molecule has 27 heavy (non-hydrogen) atoms. The first kappa shape index (κ1) is 18.2. The number of halogens is 1.